The summed E-state index contributed by atoms with van der Waals surface area (Å²) in [5.41, 5.74) is 2.87. The second kappa shape index (κ2) is 5.05. The maximum Gasteiger partial charge on any atom is 0.0907 e. The van der Waals surface area contributed by atoms with Crippen LogP contribution in [-0.2, 0) is 0 Å². The lowest BCUT2D eigenvalue weighted by Gasteiger charge is -1.93. The zero-order valence-corrected chi connectivity index (χ0v) is 11.8. The van der Waals surface area contributed by atoms with E-state index in [1.165, 1.54) is 4.70 Å². The van der Waals surface area contributed by atoms with Gasteiger partial charge in [0.05, 0.1) is 20.2 Å². The van der Waals surface area contributed by atoms with Gasteiger partial charge in [-0.1, -0.05) is 35.6 Å². The van der Waals surface area contributed by atoms with Crippen molar-refractivity contribution in [2.45, 2.75) is 6.92 Å². The largest absolute Gasteiger partial charge is 0.242 e. The van der Waals surface area contributed by atoms with Crippen molar-refractivity contribution in [2.24, 2.45) is 0 Å². The highest BCUT2D eigenvalue weighted by Gasteiger charge is 2.00. The highest BCUT2D eigenvalue weighted by Crippen LogP contribution is 2.22. The Balaban J connectivity index is 2.00. The average molecular weight is 284 g/mol. The minimum atomic E-state index is 0.685. The molecule has 0 aliphatic rings. The Bertz CT molecular complexity index is 808. The normalized spacial score (nSPS) is 10.2. The number of hydrogen-bond acceptors (Lipinski definition) is 2. The van der Waals surface area contributed by atoms with E-state index in [9.17, 15) is 0 Å². The van der Waals surface area contributed by atoms with Crippen LogP contribution in [0.3, 0.4) is 0 Å². The summed E-state index contributed by atoms with van der Waals surface area (Å²) in [4.78, 5) is 4.44. The first-order valence-corrected chi connectivity index (χ1v) is 7.05. The number of benzene rings is 2. The molecule has 0 amide bonds. The predicted molar refractivity (Wildman–Crippen MR) is 81.8 cm³/mol. The number of hydrogen-bond donors (Lipinski definition) is 0. The molecule has 2 aromatic carbocycles. The number of nitrogens with zero attached hydrogens (tertiary/aromatic N) is 1. The molecule has 0 saturated carbocycles. The molecule has 92 valence electrons. The Morgan fingerprint density at radius 1 is 1.11 bits per heavy atom. The molecule has 1 heterocycles. The Morgan fingerprint density at radius 3 is 2.79 bits per heavy atom. The molecule has 1 aromatic heterocycles. The molecule has 19 heavy (non-hydrogen) atoms. The number of rotatable bonds is 0. The van der Waals surface area contributed by atoms with Gasteiger partial charge < -0.3 is 0 Å². The number of halogens is 1. The molecule has 0 radical (unpaired) electrons. The summed E-state index contributed by atoms with van der Waals surface area (Å²) in [7, 11) is 0. The van der Waals surface area contributed by atoms with E-state index in [2.05, 4.69) is 22.9 Å². The maximum absolute atomic E-state index is 6.08. The highest BCUT2D eigenvalue weighted by atomic mass is 35.5. The molecule has 0 N–H and O–H groups in total. The van der Waals surface area contributed by atoms with E-state index in [0.29, 0.717) is 5.02 Å². The number of thiazole rings is 1. The Morgan fingerprint density at radius 2 is 1.95 bits per heavy atom. The zero-order chi connectivity index (χ0) is 13.2. The standard InChI is InChI=1S/C16H10ClNS/c1-11-18-15-9-7-12(10-16(15)19-11)6-8-13-4-2-3-5-14(13)17/h2-5,7,9-10H,1H3. The Kier molecular flexibility index (Phi) is 3.25. The fraction of sp³-hybridized carbons (Fsp3) is 0.0625. The summed E-state index contributed by atoms with van der Waals surface area (Å²) in [6, 6.07) is 13.7. The second-order valence-corrected chi connectivity index (χ2v) is 5.79. The van der Waals surface area contributed by atoms with Crippen LogP contribution in [0.1, 0.15) is 16.1 Å². The molecule has 1 nitrogen and oxygen atoms in total. The third kappa shape index (κ3) is 2.63. The number of aromatic nitrogens is 1. The monoisotopic (exact) mass is 283 g/mol. The summed E-state index contributed by atoms with van der Waals surface area (Å²) in [6.45, 7) is 2.01. The summed E-state index contributed by atoms with van der Waals surface area (Å²) in [6.07, 6.45) is 0. The molecule has 0 saturated heterocycles. The third-order valence-electron chi connectivity index (χ3n) is 2.71. The fourth-order valence-corrected chi connectivity index (χ4v) is 2.87. The highest BCUT2D eigenvalue weighted by molar-refractivity contribution is 7.18. The van der Waals surface area contributed by atoms with Crippen molar-refractivity contribution in [1.82, 2.24) is 4.98 Å². The summed E-state index contributed by atoms with van der Waals surface area (Å²) < 4.78 is 1.17. The van der Waals surface area contributed by atoms with Crippen LogP contribution in [0.4, 0.5) is 0 Å². The van der Waals surface area contributed by atoms with Gasteiger partial charge in [-0.2, -0.15) is 0 Å². The molecule has 0 unspecified atom stereocenters. The van der Waals surface area contributed by atoms with Gasteiger partial charge in [-0.05, 0) is 37.3 Å². The van der Waals surface area contributed by atoms with E-state index >= 15 is 0 Å². The first-order chi connectivity index (χ1) is 9.22. The molecule has 0 aliphatic heterocycles. The van der Waals surface area contributed by atoms with Crippen molar-refractivity contribution < 1.29 is 0 Å². The Hall–Kier alpha value is -1.82. The molecule has 0 bridgehead atoms. The van der Waals surface area contributed by atoms with Gasteiger partial charge in [0.15, 0.2) is 0 Å². The van der Waals surface area contributed by atoms with Crippen molar-refractivity contribution in [2.75, 3.05) is 0 Å². The van der Waals surface area contributed by atoms with Gasteiger partial charge in [0, 0.05) is 11.1 Å². The van der Waals surface area contributed by atoms with Crippen LogP contribution in [0.15, 0.2) is 42.5 Å². The number of aryl methyl sites for hydroxylation is 1. The fourth-order valence-electron chi connectivity index (χ4n) is 1.82. The first kappa shape index (κ1) is 12.2. The lowest BCUT2D eigenvalue weighted by Crippen LogP contribution is -1.77. The molecule has 0 aliphatic carbocycles. The van der Waals surface area contributed by atoms with Gasteiger partial charge in [0.2, 0.25) is 0 Å². The van der Waals surface area contributed by atoms with Gasteiger partial charge in [-0.25, -0.2) is 4.98 Å². The number of fused-ring (bicyclic) bond motifs is 1. The van der Waals surface area contributed by atoms with Crippen LogP contribution in [0.5, 0.6) is 0 Å². The lowest BCUT2D eigenvalue weighted by molar-refractivity contribution is 1.35. The smallest absolute Gasteiger partial charge is 0.0907 e. The van der Waals surface area contributed by atoms with E-state index in [4.69, 9.17) is 11.6 Å². The quantitative estimate of drug-likeness (QED) is 0.547. The van der Waals surface area contributed by atoms with E-state index in [1.54, 1.807) is 11.3 Å². The molecule has 0 spiro atoms. The van der Waals surface area contributed by atoms with Crippen molar-refractivity contribution in [1.29, 1.82) is 0 Å². The van der Waals surface area contributed by atoms with Gasteiger partial charge in [-0.3, -0.25) is 0 Å². The van der Waals surface area contributed by atoms with Crippen LogP contribution in [0, 0.1) is 18.8 Å². The Labute approximate surface area is 120 Å². The van der Waals surface area contributed by atoms with E-state index in [1.807, 2.05) is 43.3 Å². The predicted octanol–water partition coefficient (Wildman–Crippen LogP) is 4.66. The SMILES string of the molecule is Cc1nc2ccc(C#Cc3ccccc3Cl)cc2s1. The minimum Gasteiger partial charge on any atom is -0.242 e. The van der Waals surface area contributed by atoms with Crippen molar-refractivity contribution in [3.8, 4) is 11.8 Å². The van der Waals surface area contributed by atoms with E-state index < -0.39 is 0 Å². The average Bonchev–Trinajstić information content (AvgIpc) is 2.77. The van der Waals surface area contributed by atoms with Crippen molar-refractivity contribution in [3.63, 3.8) is 0 Å². The van der Waals surface area contributed by atoms with Gasteiger partial charge in [-0.15, -0.1) is 11.3 Å². The van der Waals surface area contributed by atoms with Crippen LogP contribution < -0.4 is 0 Å². The van der Waals surface area contributed by atoms with E-state index in [0.717, 1.165) is 21.7 Å². The minimum absolute atomic E-state index is 0.685. The second-order valence-electron chi connectivity index (χ2n) is 4.15. The molecule has 3 rings (SSSR count). The molecule has 3 aromatic rings. The van der Waals surface area contributed by atoms with Crippen molar-refractivity contribution in [3.05, 3.63) is 63.6 Å². The van der Waals surface area contributed by atoms with Gasteiger partial charge in [0.25, 0.3) is 0 Å². The first-order valence-electron chi connectivity index (χ1n) is 5.86. The molecule has 0 atom stereocenters. The van der Waals surface area contributed by atoms with Gasteiger partial charge in [0.1, 0.15) is 0 Å². The molecular formula is C16H10ClNS. The molecule has 0 fully saturated rings. The van der Waals surface area contributed by atoms with Crippen LogP contribution in [0.25, 0.3) is 10.2 Å². The van der Waals surface area contributed by atoms with Crippen LogP contribution >= 0.6 is 22.9 Å². The van der Waals surface area contributed by atoms with Crippen LogP contribution in [0.2, 0.25) is 5.02 Å². The van der Waals surface area contributed by atoms with Gasteiger partial charge >= 0.3 is 0 Å². The van der Waals surface area contributed by atoms with Crippen LogP contribution in [-0.4, -0.2) is 4.98 Å². The zero-order valence-electron chi connectivity index (χ0n) is 10.3. The molecular weight excluding hydrogens is 274 g/mol. The van der Waals surface area contributed by atoms with Crippen molar-refractivity contribution >= 4 is 33.2 Å². The third-order valence-corrected chi connectivity index (χ3v) is 3.97. The molecule has 3 heteroatoms. The maximum atomic E-state index is 6.08. The summed E-state index contributed by atoms with van der Waals surface area (Å²) in [5.74, 6) is 6.25. The lowest BCUT2D eigenvalue weighted by atomic mass is 10.2. The van der Waals surface area contributed by atoms with E-state index in [-0.39, 0.29) is 0 Å². The summed E-state index contributed by atoms with van der Waals surface area (Å²) in [5, 5.41) is 1.76. The topological polar surface area (TPSA) is 12.9 Å². The summed E-state index contributed by atoms with van der Waals surface area (Å²) >= 11 is 7.76.